The van der Waals surface area contributed by atoms with Gasteiger partial charge in [0.2, 0.25) is 0 Å². The Hall–Kier alpha value is -2.45. The van der Waals surface area contributed by atoms with Crippen LogP contribution in [0.5, 0.6) is 0 Å². The number of hydrogen-bond donors (Lipinski definition) is 2. The van der Waals surface area contributed by atoms with Gasteiger partial charge in [-0.05, 0) is 25.8 Å². The number of aromatic nitrogens is 2. The van der Waals surface area contributed by atoms with Gasteiger partial charge in [0.1, 0.15) is 12.1 Å². The molecule has 8 heteroatoms. The molecule has 0 unspecified atom stereocenters. The molecule has 0 aliphatic carbocycles. The third kappa shape index (κ3) is 2.97. The van der Waals surface area contributed by atoms with Crippen LogP contribution in [-0.4, -0.2) is 52.1 Å². The van der Waals surface area contributed by atoms with Crippen LogP contribution in [0.3, 0.4) is 0 Å². The van der Waals surface area contributed by atoms with Crippen LogP contribution < -0.4 is 10.9 Å². The van der Waals surface area contributed by atoms with Crippen molar-refractivity contribution in [1.29, 1.82) is 0 Å². The second kappa shape index (κ2) is 6.56. The molecule has 2 aromatic rings. The van der Waals surface area contributed by atoms with Crippen LogP contribution in [-0.2, 0) is 11.3 Å². The van der Waals surface area contributed by atoms with E-state index in [0.29, 0.717) is 36.3 Å². The molecule has 2 aromatic heterocycles. The summed E-state index contributed by atoms with van der Waals surface area (Å²) in [7, 11) is 0. The van der Waals surface area contributed by atoms with Gasteiger partial charge in [-0.25, -0.2) is 4.98 Å². The van der Waals surface area contributed by atoms with E-state index in [9.17, 15) is 9.59 Å². The Labute approximate surface area is 162 Å². The number of rotatable bonds is 5. The van der Waals surface area contributed by atoms with Crippen molar-refractivity contribution in [3.63, 3.8) is 0 Å². The minimum absolute atomic E-state index is 0.108. The van der Waals surface area contributed by atoms with E-state index < -0.39 is 0 Å². The standard InChI is InChI=1S/C20H24N4O4/c1-12-22-14(6-18(25)23-12)8-24-9-16-15(17-2-4-20(16,11-24)28-17)7-21-19(26)13-3-5-27-10-13/h3,5-6,10,15-17H,2,4,7-9,11H2,1H3,(H,21,26)(H,22,23,25)/t15-,16+,17+,20+/m0/s1. The second-order valence-electron chi connectivity index (χ2n) is 8.24. The molecule has 1 spiro atoms. The first-order valence-corrected chi connectivity index (χ1v) is 9.80. The fourth-order valence-electron chi connectivity index (χ4n) is 5.34. The molecule has 8 nitrogen and oxygen atoms in total. The van der Waals surface area contributed by atoms with Crippen molar-refractivity contribution >= 4 is 5.91 Å². The van der Waals surface area contributed by atoms with E-state index in [1.165, 1.54) is 12.5 Å². The fourth-order valence-corrected chi connectivity index (χ4v) is 5.34. The topological polar surface area (TPSA) is 100 Å². The number of carbonyl (C=O) groups excluding carboxylic acids is 1. The van der Waals surface area contributed by atoms with Crippen LogP contribution in [0.15, 0.2) is 33.9 Å². The van der Waals surface area contributed by atoms with Gasteiger partial charge in [0, 0.05) is 44.1 Å². The fraction of sp³-hybridized carbons (Fsp3) is 0.550. The first kappa shape index (κ1) is 17.6. The van der Waals surface area contributed by atoms with E-state index in [1.54, 1.807) is 19.1 Å². The Morgan fingerprint density at radius 2 is 2.39 bits per heavy atom. The molecular weight excluding hydrogens is 360 g/mol. The van der Waals surface area contributed by atoms with Gasteiger partial charge in [-0.1, -0.05) is 0 Å². The van der Waals surface area contributed by atoms with Crippen LogP contribution in [0.1, 0.15) is 34.7 Å². The van der Waals surface area contributed by atoms with Crippen molar-refractivity contribution in [2.45, 2.75) is 38.0 Å². The lowest BCUT2D eigenvalue weighted by Gasteiger charge is -2.29. The van der Waals surface area contributed by atoms with E-state index >= 15 is 0 Å². The first-order valence-electron chi connectivity index (χ1n) is 9.80. The summed E-state index contributed by atoms with van der Waals surface area (Å²) in [6.45, 7) is 4.80. The van der Waals surface area contributed by atoms with Crippen LogP contribution in [0.25, 0.3) is 0 Å². The van der Waals surface area contributed by atoms with Gasteiger partial charge < -0.3 is 19.5 Å². The third-order valence-corrected chi connectivity index (χ3v) is 6.43. The summed E-state index contributed by atoms with van der Waals surface area (Å²) < 4.78 is 11.4. The minimum Gasteiger partial charge on any atom is -0.472 e. The predicted molar refractivity (Wildman–Crippen MR) is 99.7 cm³/mol. The van der Waals surface area contributed by atoms with Gasteiger partial charge in [-0.3, -0.25) is 14.5 Å². The van der Waals surface area contributed by atoms with Crippen LogP contribution >= 0.6 is 0 Å². The Kier molecular flexibility index (Phi) is 4.13. The Bertz CT molecular complexity index is 940. The molecule has 0 aromatic carbocycles. The number of nitrogens with zero attached hydrogens (tertiary/aromatic N) is 2. The Balaban J connectivity index is 1.27. The van der Waals surface area contributed by atoms with Crippen molar-refractivity contribution < 1.29 is 13.9 Å². The highest BCUT2D eigenvalue weighted by molar-refractivity contribution is 5.93. The molecule has 2 bridgehead atoms. The summed E-state index contributed by atoms with van der Waals surface area (Å²) in [4.78, 5) is 33.5. The van der Waals surface area contributed by atoms with Crippen molar-refractivity contribution in [3.8, 4) is 0 Å². The number of carbonyl (C=O) groups is 1. The average molecular weight is 384 g/mol. The van der Waals surface area contributed by atoms with Gasteiger partial charge >= 0.3 is 0 Å². The minimum atomic E-state index is -0.119. The van der Waals surface area contributed by atoms with Crippen LogP contribution in [0.4, 0.5) is 0 Å². The lowest BCUT2D eigenvalue weighted by Crippen LogP contribution is -2.41. The van der Waals surface area contributed by atoms with E-state index in [0.717, 1.165) is 31.6 Å². The van der Waals surface area contributed by atoms with E-state index in [-0.39, 0.29) is 23.2 Å². The Morgan fingerprint density at radius 3 is 3.18 bits per heavy atom. The van der Waals surface area contributed by atoms with Crippen LogP contribution in [0, 0.1) is 18.8 Å². The van der Waals surface area contributed by atoms with E-state index in [1.807, 2.05) is 0 Å². The molecule has 3 aliphatic heterocycles. The molecule has 148 valence electrons. The maximum atomic E-state index is 12.3. The number of ether oxygens (including phenoxy) is 1. The summed E-state index contributed by atoms with van der Waals surface area (Å²) in [5, 5.41) is 3.05. The number of aromatic amines is 1. The summed E-state index contributed by atoms with van der Waals surface area (Å²) in [5.41, 5.74) is 1.10. The predicted octanol–water partition coefficient (Wildman–Crippen LogP) is 1.08. The van der Waals surface area contributed by atoms with E-state index in [4.69, 9.17) is 9.15 Å². The number of hydrogen-bond acceptors (Lipinski definition) is 6. The van der Waals surface area contributed by atoms with Gasteiger partial charge in [-0.2, -0.15) is 0 Å². The highest BCUT2D eigenvalue weighted by Gasteiger charge is 2.62. The maximum Gasteiger partial charge on any atom is 0.254 e. The molecule has 5 heterocycles. The van der Waals surface area contributed by atoms with Crippen molar-refractivity contribution in [2.24, 2.45) is 11.8 Å². The number of furan rings is 1. The molecule has 3 aliphatic rings. The molecule has 3 fully saturated rings. The number of nitrogens with one attached hydrogen (secondary N) is 2. The van der Waals surface area contributed by atoms with Gasteiger partial charge in [0.25, 0.3) is 11.5 Å². The molecule has 0 radical (unpaired) electrons. The van der Waals surface area contributed by atoms with Gasteiger partial charge in [0.05, 0.1) is 29.2 Å². The lowest BCUT2D eigenvalue weighted by atomic mass is 9.73. The summed E-state index contributed by atoms with van der Waals surface area (Å²) in [6.07, 6.45) is 5.29. The molecule has 1 amide bonds. The largest absolute Gasteiger partial charge is 0.472 e. The molecule has 3 saturated heterocycles. The van der Waals surface area contributed by atoms with Gasteiger partial charge in [0.15, 0.2) is 0 Å². The first-order chi connectivity index (χ1) is 13.5. The number of aryl methyl sites for hydroxylation is 1. The van der Waals surface area contributed by atoms with Gasteiger partial charge in [-0.15, -0.1) is 0 Å². The summed E-state index contributed by atoms with van der Waals surface area (Å²) >= 11 is 0. The number of likely N-dealkylation sites (tertiary alicyclic amines) is 1. The maximum absolute atomic E-state index is 12.3. The quantitative estimate of drug-likeness (QED) is 0.800. The smallest absolute Gasteiger partial charge is 0.254 e. The zero-order valence-electron chi connectivity index (χ0n) is 15.8. The number of fused-ring (bicyclic) bond motifs is 1. The number of H-pyrrole nitrogens is 1. The molecule has 2 N–H and O–H groups in total. The highest BCUT2D eigenvalue weighted by Crippen LogP contribution is 2.54. The number of amides is 1. The van der Waals surface area contributed by atoms with Crippen molar-refractivity contribution in [3.05, 3.63) is 52.1 Å². The normalized spacial score (nSPS) is 31.2. The molecule has 28 heavy (non-hydrogen) atoms. The van der Waals surface area contributed by atoms with Crippen molar-refractivity contribution in [2.75, 3.05) is 19.6 Å². The Morgan fingerprint density at radius 1 is 1.50 bits per heavy atom. The third-order valence-electron chi connectivity index (χ3n) is 6.43. The zero-order valence-corrected chi connectivity index (χ0v) is 15.8. The second-order valence-corrected chi connectivity index (χ2v) is 8.24. The monoisotopic (exact) mass is 384 g/mol. The summed E-state index contributed by atoms with van der Waals surface area (Å²) in [5.74, 6) is 1.23. The highest BCUT2D eigenvalue weighted by atomic mass is 16.5. The van der Waals surface area contributed by atoms with E-state index in [2.05, 4.69) is 20.2 Å². The molecule has 4 atom stereocenters. The molecule has 5 rings (SSSR count). The van der Waals surface area contributed by atoms with Crippen LogP contribution in [0.2, 0.25) is 0 Å². The summed E-state index contributed by atoms with van der Waals surface area (Å²) in [6, 6.07) is 3.24. The van der Waals surface area contributed by atoms with Crippen molar-refractivity contribution in [1.82, 2.24) is 20.2 Å². The molecule has 0 saturated carbocycles. The zero-order chi connectivity index (χ0) is 19.3. The lowest BCUT2D eigenvalue weighted by molar-refractivity contribution is 0.00203. The molecular formula is C20H24N4O4. The average Bonchev–Trinajstić information content (AvgIpc) is 3.39. The SMILES string of the molecule is Cc1nc(CN2C[C@@H]3[C@H](CNC(=O)c4ccoc4)[C@H]4CC[C@]3(C2)O4)cc(=O)[nH]1.